The summed E-state index contributed by atoms with van der Waals surface area (Å²) in [6.45, 7) is 0.262. The van der Waals surface area contributed by atoms with E-state index in [0.717, 1.165) is 16.9 Å². The quantitative estimate of drug-likeness (QED) is 0.547. The fraction of sp³-hybridized carbons (Fsp3) is 0.200. The minimum atomic E-state index is -0.793. The van der Waals surface area contributed by atoms with E-state index >= 15 is 0 Å². The minimum absolute atomic E-state index is 0.185. The Morgan fingerprint density at radius 3 is 1.83 bits per heavy atom. The maximum atomic E-state index is 12.6. The van der Waals surface area contributed by atoms with Gasteiger partial charge < -0.3 is 15.0 Å². The maximum Gasteiger partial charge on any atom is 0.330 e. The highest BCUT2D eigenvalue weighted by molar-refractivity contribution is 5.85. The number of methoxy groups -OCH3 is 1. The third-order valence-corrected chi connectivity index (χ3v) is 4.81. The molecule has 3 rings (SSSR count). The number of hydrogen-bond acceptors (Lipinski definition) is 4. The Morgan fingerprint density at radius 1 is 0.833 bits per heavy atom. The number of ether oxygens (including phenoxy) is 1. The second kappa shape index (κ2) is 10.8. The van der Waals surface area contributed by atoms with Crippen LogP contribution in [0.25, 0.3) is 0 Å². The highest BCUT2D eigenvalue weighted by atomic mass is 16.5. The Morgan fingerprint density at radius 2 is 1.33 bits per heavy atom. The number of aryl methyl sites for hydroxylation is 1. The fourth-order valence-electron chi connectivity index (χ4n) is 3.25. The van der Waals surface area contributed by atoms with Gasteiger partial charge in [-0.2, -0.15) is 0 Å². The number of carbonyl (C=O) groups is 2. The molecule has 0 saturated heterocycles. The number of nitrogens with one attached hydrogen (secondary N) is 1. The van der Waals surface area contributed by atoms with Crippen LogP contribution in [-0.2, 0) is 20.7 Å². The van der Waals surface area contributed by atoms with Crippen molar-refractivity contribution in [3.63, 3.8) is 0 Å². The Hall–Kier alpha value is -3.60. The summed E-state index contributed by atoms with van der Waals surface area (Å²) in [6, 6.07) is 28.5. The molecule has 154 valence electrons. The summed E-state index contributed by atoms with van der Waals surface area (Å²) in [5.41, 5.74) is 2.93. The Labute approximate surface area is 177 Å². The molecule has 0 spiro atoms. The van der Waals surface area contributed by atoms with Gasteiger partial charge in [-0.1, -0.05) is 66.7 Å². The molecule has 0 aromatic heterocycles. The van der Waals surface area contributed by atoms with Crippen LogP contribution in [0.1, 0.15) is 12.0 Å². The number of esters is 1. The number of hydrogen-bond donors (Lipinski definition) is 1. The number of carbonyl (C=O) groups excluding carboxylic acids is 2. The number of anilines is 2. The number of benzene rings is 3. The van der Waals surface area contributed by atoms with E-state index in [9.17, 15) is 9.59 Å². The second-order valence-electron chi connectivity index (χ2n) is 6.91. The van der Waals surface area contributed by atoms with Crippen LogP contribution in [0.3, 0.4) is 0 Å². The lowest BCUT2D eigenvalue weighted by atomic mass is 10.1. The molecule has 3 aromatic rings. The van der Waals surface area contributed by atoms with E-state index in [-0.39, 0.29) is 12.5 Å². The van der Waals surface area contributed by atoms with Crippen molar-refractivity contribution < 1.29 is 14.3 Å². The molecule has 0 saturated carbocycles. The Bertz CT molecular complexity index is 891. The third kappa shape index (κ3) is 5.95. The van der Waals surface area contributed by atoms with Gasteiger partial charge in [0.25, 0.3) is 0 Å². The monoisotopic (exact) mass is 402 g/mol. The average molecular weight is 402 g/mol. The summed E-state index contributed by atoms with van der Waals surface area (Å²) in [5.74, 6) is -0.657. The zero-order valence-corrected chi connectivity index (χ0v) is 17.0. The summed E-state index contributed by atoms with van der Waals surface area (Å²) >= 11 is 0. The largest absolute Gasteiger partial charge is 0.467 e. The zero-order valence-electron chi connectivity index (χ0n) is 17.0. The number of para-hydroxylation sites is 2. The van der Waals surface area contributed by atoms with Gasteiger partial charge in [0.1, 0.15) is 6.04 Å². The normalized spacial score (nSPS) is 11.4. The molecule has 1 unspecified atom stereocenters. The molecular formula is C25H26N2O3. The highest BCUT2D eigenvalue weighted by Gasteiger charge is 2.25. The standard InChI is InChI=1S/C25H26N2O3/c1-30-25(29)23(26-24(28)18-17-20-11-5-2-6-12-20)19-27(21-13-7-3-8-14-21)22-15-9-4-10-16-22/h2-16,23H,17-19H2,1H3,(H,26,28). The number of amides is 1. The van der Waals surface area contributed by atoms with Crippen LogP contribution in [-0.4, -0.2) is 31.6 Å². The smallest absolute Gasteiger partial charge is 0.330 e. The lowest BCUT2D eigenvalue weighted by Crippen LogP contribution is -2.48. The first-order valence-electron chi connectivity index (χ1n) is 9.96. The molecule has 3 aromatic carbocycles. The number of rotatable bonds is 9. The van der Waals surface area contributed by atoms with Gasteiger partial charge in [0.2, 0.25) is 5.91 Å². The molecule has 5 nitrogen and oxygen atoms in total. The van der Waals surface area contributed by atoms with E-state index < -0.39 is 12.0 Å². The molecule has 0 bridgehead atoms. The SMILES string of the molecule is COC(=O)C(CN(c1ccccc1)c1ccccc1)NC(=O)CCc1ccccc1. The fourth-order valence-corrected chi connectivity index (χ4v) is 3.25. The number of nitrogens with zero attached hydrogens (tertiary/aromatic N) is 1. The van der Waals surface area contributed by atoms with Crippen LogP contribution in [0.5, 0.6) is 0 Å². The second-order valence-corrected chi connectivity index (χ2v) is 6.91. The van der Waals surface area contributed by atoms with Gasteiger partial charge in [0.15, 0.2) is 0 Å². The molecule has 1 amide bonds. The summed E-state index contributed by atoms with van der Waals surface area (Å²) in [5, 5.41) is 2.85. The minimum Gasteiger partial charge on any atom is -0.467 e. The van der Waals surface area contributed by atoms with E-state index in [1.165, 1.54) is 7.11 Å². The van der Waals surface area contributed by atoms with Crippen LogP contribution in [0.4, 0.5) is 11.4 Å². The van der Waals surface area contributed by atoms with Crippen molar-refractivity contribution in [2.24, 2.45) is 0 Å². The predicted octanol–water partition coefficient (Wildman–Crippen LogP) is 4.12. The van der Waals surface area contributed by atoms with Crippen molar-refractivity contribution in [2.45, 2.75) is 18.9 Å². The lowest BCUT2D eigenvalue weighted by molar-refractivity contribution is -0.144. The summed E-state index contributed by atoms with van der Waals surface area (Å²) in [7, 11) is 1.33. The summed E-state index contributed by atoms with van der Waals surface area (Å²) < 4.78 is 4.97. The van der Waals surface area contributed by atoms with Gasteiger partial charge in [-0.25, -0.2) is 4.79 Å². The molecule has 0 radical (unpaired) electrons. The topological polar surface area (TPSA) is 58.6 Å². The van der Waals surface area contributed by atoms with Gasteiger partial charge in [-0.3, -0.25) is 4.79 Å². The van der Waals surface area contributed by atoms with Crippen molar-refractivity contribution in [1.82, 2.24) is 5.32 Å². The van der Waals surface area contributed by atoms with Gasteiger partial charge >= 0.3 is 5.97 Å². The van der Waals surface area contributed by atoms with E-state index in [1.807, 2.05) is 95.9 Å². The first kappa shape index (κ1) is 21.1. The molecule has 1 N–H and O–H groups in total. The predicted molar refractivity (Wildman–Crippen MR) is 119 cm³/mol. The third-order valence-electron chi connectivity index (χ3n) is 4.81. The molecule has 0 aliphatic carbocycles. The van der Waals surface area contributed by atoms with Gasteiger partial charge in [0.05, 0.1) is 13.7 Å². The van der Waals surface area contributed by atoms with E-state index in [4.69, 9.17) is 4.74 Å². The van der Waals surface area contributed by atoms with Crippen molar-refractivity contribution in [3.8, 4) is 0 Å². The van der Waals surface area contributed by atoms with E-state index in [1.54, 1.807) is 0 Å². The Balaban J connectivity index is 1.74. The van der Waals surface area contributed by atoms with Crippen LogP contribution in [0.2, 0.25) is 0 Å². The van der Waals surface area contributed by atoms with Crippen molar-refractivity contribution in [2.75, 3.05) is 18.6 Å². The first-order valence-corrected chi connectivity index (χ1v) is 9.96. The van der Waals surface area contributed by atoms with Crippen molar-refractivity contribution >= 4 is 23.3 Å². The summed E-state index contributed by atoms with van der Waals surface area (Å²) in [4.78, 5) is 27.0. The first-order chi connectivity index (χ1) is 14.7. The molecule has 5 heteroatoms. The van der Waals surface area contributed by atoms with Crippen LogP contribution >= 0.6 is 0 Å². The highest BCUT2D eigenvalue weighted by Crippen LogP contribution is 2.25. The van der Waals surface area contributed by atoms with Gasteiger partial charge in [-0.05, 0) is 36.2 Å². The van der Waals surface area contributed by atoms with Crippen LogP contribution in [0, 0.1) is 0 Å². The molecule has 0 fully saturated rings. The molecule has 0 aliphatic heterocycles. The van der Waals surface area contributed by atoms with Crippen molar-refractivity contribution in [1.29, 1.82) is 0 Å². The van der Waals surface area contributed by atoms with Gasteiger partial charge in [0, 0.05) is 17.8 Å². The van der Waals surface area contributed by atoms with Crippen molar-refractivity contribution in [3.05, 3.63) is 96.6 Å². The van der Waals surface area contributed by atoms with Gasteiger partial charge in [-0.15, -0.1) is 0 Å². The molecule has 0 aliphatic rings. The summed E-state index contributed by atoms with van der Waals surface area (Å²) in [6.07, 6.45) is 0.913. The van der Waals surface area contributed by atoms with E-state index in [0.29, 0.717) is 12.8 Å². The average Bonchev–Trinajstić information content (AvgIpc) is 2.81. The van der Waals surface area contributed by atoms with Crippen LogP contribution in [0.15, 0.2) is 91.0 Å². The molecule has 0 heterocycles. The van der Waals surface area contributed by atoms with Crippen LogP contribution < -0.4 is 10.2 Å². The lowest BCUT2D eigenvalue weighted by Gasteiger charge is -2.29. The molecule has 1 atom stereocenters. The zero-order chi connectivity index (χ0) is 21.2. The van der Waals surface area contributed by atoms with E-state index in [2.05, 4.69) is 5.32 Å². The molecule has 30 heavy (non-hydrogen) atoms. The molecular weight excluding hydrogens is 376 g/mol. The Kier molecular flexibility index (Phi) is 7.61. The maximum absolute atomic E-state index is 12.6.